The van der Waals surface area contributed by atoms with Crippen molar-refractivity contribution in [3.05, 3.63) is 47.2 Å². The normalized spacial score (nSPS) is 20.4. The summed E-state index contributed by atoms with van der Waals surface area (Å²) in [6, 6.07) is 8.24. The fourth-order valence-corrected chi connectivity index (χ4v) is 2.99. The van der Waals surface area contributed by atoms with Gasteiger partial charge in [-0.05, 0) is 43.9 Å². The number of likely N-dealkylation sites (tertiary alicyclic amines) is 1. The summed E-state index contributed by atoms with van der Waals surface area (Å²) in [5.74, 6) is 1.68. The van der Waals surface area contributed by atoms with Crippen LogP contribution in [-0.2, 0) is 13.0 Å². The van der Waals surface area contributed by atoms with Gasteiger partial charge in [0, 0.05) is 6.54 Å². The van der Waals surface area contributed by atoms with E-state index in [1.165, 1.54) is 11.1 Å². The predicted octanol–water partition coefficient (Wildman–Crippen LogP) is 2.17. The van der Waals surface area contributed by atoms with Crippen LogP contribution < -0.4 is 0 Å². The smallest absolute Gasteiger partial charge is 0.230 e. The van der Waals surface area contributed by atoms with Gasteiger partial charge in [-0.2, -0.15) is 0 Å². The van der Waals surface area contributed by atoms with Gasteiger partial charge in [0.1, 0.15) is 0 Å². The van der Waals surface area contributed by atoms with Gasteiger partial charge in [0.05, 0.1) is 19.1 Å². The zero-order valence-electron chi connectivity index (χ0n) is 13.2. The van der Waals surface area contributed by atoms with Gasteiger partial charge in [-0.3, -0.25) is 4.90 Å². The monoisotopic (exact) mass is 301 g/mol. The van der Waals surface area contributed by atoms with E-state index in [0.29, 0.717) is 30.7 Å². The molecule has 0 radical (unpaired) electrons. The van der Waals surface area contributed by atoms with Gasteiger partial charge in [0.25, 0.3) is 0 Å². The van der Waals surface area contributed by atoms with E-state index in [-0.39, 0.29) is 6.10 Å². The van der Waals surface area contributed by atoms with Gasteiger partial charge in [0.2, 0.25) is 11.8 Å². The first kappa shape index (κ1) is 15.2. The van der Waals surface area contributed by atoms with E-state index in [2.05, 4.69) is 34.2 Å². The summed E-state index contributed by atoms with van der Waals surface area (Å²) in [5.41, 5.74) is 2.45. The van der Waals surface area contributed by atoms with Crippen molar-refractivity contribution in [2.45, 2.75) is 39.3 Å². The van der Waals surface area contributed by atoms with Crippen LogP contribution in [0.25, 0.3) is 0 Å². The molecule has 22 heavy (non-hydrogen) atoms. The first-order valence-corrected chi connectivity index (χ1v) is 7.88. The molecule has 1 N–H and O–H groups in total. The molecule has 1 saturated heterocycles. The Bertz CT molecular complexity index is 624. The minimum Gasteiger partial charge on any atom is -0.424 e. The molecule has 0 bridgehead atoms. The van der Waals surface area contributed by atoms with Gasteiger partial charge < -0.3 is 9.52 Å². The lowest BCUT2D eigenvalue weighted by Gasteiger charge is -2.15. The minimum absolute atomic E-state index is 0.246. The third kappa shape index (κ3) is 3.54. The second-order valence-electron chi connectivity index (χ2n) is 6.22. The Morgan fingerprint density at radius 3 is 2.82 bits per heavy atom. The van der Waals surface area contributed by atoms with Crippen LogP contribution in [0, 0.1) is 12.8 Å². The lowest BCUT2D eigenvalue weighted by molar-refractivity contribution is 0.126. The van der Waals surface area contributed by atoms with Crippen LogP contribution in [0.4, 0.5) is 0 Å². The lowest BCUT2D eigenvalue weighted by Crippen LogP contribution is -2.24. The number of hydrogen-bond donors (Lipinski definition) is 1. The number of rotatable bonds is 5. The van der Waals surface area contributed by atoms with E-state index >= 15 is 0 Å². The van der Waals surface area contributed by atoms with Crippen LogP contribution in [0.2, 0.25) is 0 Å². The summed E-state index contributed by atoms with van der Waals surface area (Å²) in [5, 5.41) is 18.0. The number of hydrogen-bond acceptors (Lipinski definition) is 5. The molecule has 2 aromatic rings. The summed E-state index contributed by atoms with van der Waals surface area (Å²) in [6.07, 6.45) is 1.46. The zero-order valence-corrected chi connectivity index (χ0v) is 13.2. The Morgan fingerprint density at radius 2 is 2.09 bits per heavy atom. The highest BCUT2D eigenvalue weighted by molar-refractivity contribution is 5.27. The minimum atomic E-state index is -0.246. The molecule has 2 heterocycles. The molecule has 0 aliphatic carbocycles. The largest absolute Gasteiger partial charge is 0.424 e. The van der Waals surface area contributed by atoms with Gasteiger partial charge in [0.15, 0.2) is 0 Å². The van der Waals surface area contributed by atoms with E-state index in [9.17, 15) is 5.11 Å². The molecule has 1 aromatic heterocycles. The van der Waals surface area contributed by atoms with Crippen LogP contribution >= 0.6 is 0 Å². The highest BCUT2D eigenvalue weighted by Gasteiger charge is 2.27. The van der Waals surface area contributed by atoms with E-state index < -0.39 is 0 Å². The number of aliphatic hydroxyl groups is 1. The van der Waals surface area contributed by atoms with Crippen molar-refractivity contribution >= 4 is 0 Å². The third-order valence-electron chi connectivity index (χ3n) is 4.46. The van der Waals surface area contributed by atoms with E-state index in [0.717, 1.165) is 19.5 Å². The highest BCUT2D eigenvalue weighted by atomic mass is 16.4. The molecule has 1 aliphatic rings. The summed E-state index contributed by atoms with van der Waals surface area (Å²) >= 11 is 0. The molecule has 1 fully saturated rings. The number of nitrogens with zero attached hydrogens (tertiary/aromatic N) is 3. The Labute approximate surface area is 131 Å². The molecule has 118 valence electrons. The fourth-order valence-electron chi connectivity index (χ4n) is 2.99. The summed E-state index contributed by atoms with van der Waals surface area (Å²) in [7, 11) is 0. The third-order valence-corrected chi connectivity index (χ3v) is 4.46. The summed E-state index contributed by atoms with van der Waals surface area (Å²) in [4.78, 5) is 2.27. The Kier molecular flexibility index (Phi) is 4.55. The average molecular weight is 301 g/mol. The topological polar surface area (TPSA) is 62.4 Å². The van der Waals surface area contributed by atoms with Gasteiger partial charge >= 0.3 is 0 Å². The quantitative estimate of drug-likeness (QED) is 0.917. The summed E-state index contributed by atoms with van der Waals surface area (Å²) < 4.78 is 5.77. The fraction of sp³-hybridized carbons (Fsp3) is 0.529. The van der Waals surface area contributed by atoms with Crippen LogP contribution in [0.3, 0.4) is 0 Å². The number of aliphatic hydroxyl groups excluding tert-OH is 1. The van der Waals surface area contributed by atoms with E-state index in [1.54, 1.807) is 0 Å². The molecule has 3 rings (SSSR count). The second kappa shape index (κ2) is 6.58. The van der Waals surface area contributed by atoms with Crippen molar-refractivity contribution in [3.63, 3.8) is 0 Å². The van der Waals surface area contributed by atoms with E-state index in [1.807, 2.05) is 19.1 Å². The SMILES string of the molecule is Cc1ccccc1Cc1nnc(CN2CCC(C(C)O)C2)o1. The highest BCUT2D eigenvalue weighted by Crippen LogP contribution is 2.21. The number of aryl methyl sites for hydroxylation is 1. The van der Waals surface area contributed by atoms with Gasteiger partial charge in [-0.15, -0.1) is 10.2 Å². The lowest BCUT2D eigenvalue weighted by atomic mass is 10.0. The van der Waals surface area contributed by atoms with Crippen molar-refractivity contribution < 1.29 is 9.52 Å². The predicted molar refractivity (Wildman–Crippen MR) is 83.3 cm³/mol. The first-order valence-electron chi connectivity index (χ1n) is 7.88. The number of aromatic nitrogens is 2. The zero-order chi connectivity index (χ0) is 15.5. The van der Waals surface area contributed by atoms with Gasteiger partial charge in [-0.1, -0.05) is 24.3 Å². The van der Waals surface area contributed by atoms with Gasteiger partial charge in [-0.25, -0.2) is 0 Å². The van der Waals surface area contributed by atoms with Crippen molar-refractivity contribution in [1.29, 1.82) is 0 Å². The molecular weight excluding hydrogens is 278 g/mol. The molecule has 1 aromatic carbocycles. The average Bonchev–Trinajstić information content (AvgIpc) is 3.12. The standard InChI is InChI=1S/C17H23N3O2/c1-12-5-3-4-6-14(12)9-16-18-19-17(22-16)11-20-8-7-15(10-20)13(2)21/h3-6,13,15,21H,7-11H2,1-2H3. The van der Waals surface area contributed by atoms with Crippen molar-refractivity contribution in [1.82, 2.24) is 15.1 Å². The van der Waals surface area contributed by atoms with Crippen LogP contribution in [0.15, 0.2) is 28.7 Å². The van der Waals surface area contributed by atoms with Crippen LogP contribution in [0.5, 0.6) is 0 Å². The molecule has 0 spiro atoms. The van der Waals surface area contributed by atoms with Crippen molar-refractivity contribution in [2.24, 2.45) is 5.92 Å². The van der Waals surface area contributed by atoms with Crippen LogP contribution in [0.1, 0.15) is 36.3 Å². The first-order chi connectivity index (χ1) is 10.6. The van der Waals surface area contributed by atoms with E-state index in [4.69, 9.17) is 4.42 Å². The van der Waals surface area contributed by atoms with Crippen LogP contribution in [-0.4, -0.2) is 39.4 Å². The molecule has 0 saturated carbocycles. The summed E-state index contributed by atoms with van der Waals surface area (Å²) in [6.45, 7) is 6.50. The maximum Gasteiger partial charge on any atom is 0.230 e. The molecule has 2 unspecified atom stereocenters. The Hall–Kier alpha value is -1.72. The molecule has 5 heteroatoms. The molecular formula is C17H23N3O2. The second-order valence-corrected chi connectivity index (χ2v) is 6.22. The molecule has 1 aliphatic heterocycles. The maximum atomic E-state index is 9.65. The Morgan fingerprint density at radius 1 is 1.32 bits per heavy atom. The molecule has 0 amide bonds. The molecule has 2 atom stereocenters. The Balaban J connectivity index is 1.59. The maximum absolute atomic E-state index is 9.65. The molecule has 5 nitrogen and oxygen atoms in total. The number of benzene rings is 1. The van der Waals surface area contributed by atoms with Crippen molar-refractivity contribution in [3.8, 4) is 0 Å². The van der Waals surface area contributed by atoms with Crippen molar-refractivity contribution in [2.75, 3.05) is 13.1 Å².